The van der Waals surface area contributed by atoms with Crippen LogP contribution in [0.15, 0.2) is 53.6 Å². The van der Waals surface area contributed by atoms with Gasteiger partial charge in [0.15, 0.2) is 0 Å². The number of rotatable bonds is 4. The Morgan fingerprint density at radius 3 is 2.50 bits per heavy atom. The second-order valence-electron chi connectivity index (χ2n) is 5.07. The lowest BCUT2D eigenvalue weighted by atomic mass is 10.2. The van der Waals surface area contributed by atoms with Crippen molar-refractivity contribution in [2.75, 3.05) is 11.8 Å². The maximum Gasteiger partial charge on any atom is 0.261 e. The number of nitrogens with one attached hydrogen (secondary N) is 3. The molecule has 24 heavy (non-hydrogen) atoms. The third kappa shape index (κ3) is 2.95. The van der Waals surface area contributed by atoms with Crippen LogP contribution in [0.5, 0.6) is 0 Å². The van der Waals surface area contributed by atoms with Gasteiger partial charge < -0.3 is 10.3 Å². The third-order valence-electron chi connectivity index (χ3n) is 3.56. The molecule has 0 saturated heterocycles. The fraction of sp³-hybridized carbons (Fsp3) is 0.0625. The summed E-state index contributed by atoms with van der Waals surface area (Å²) in [4.78, 5) is 14.5. The van der Waals surface area contributed by atoms with Crippen molar-refractivity contribution in [3.63, 3.8) is 0 Å². The molecular formula is C16H14ClN3O3S. The molecule has 0 atom stereocenters. The van der Waals surface area contributed by atoms with E-state index in [-0.39, 0.29) is 10.8 Å². The van der Waals surface area contributed by atoms with Crippen molar-refractivity contribution >= 4 is 44.1 Å². The number of sulfonamides is 1. The lowest BCUT2D eigenvalue weighted by Crippen LogP contribution is -2.18. The molecule has 0 radical (unpaired) electrons. The van der Waals surface area contributed by atoms with Crippen molar-refractivity contribution in [1.29, 1.82) is 0 Å². The van der Waals surface area contributed by atoms with Gasteiger partial charge in [0.05, 0.1) is 21.1 Å². The van der Waals surface area contributed by atoms with Crippen molar-refractivity contribution in [2.45, 2.75) is 4.90 Å². The molecule has 8 heteroatoms. The summed E-state index contributed by atoms with van der Waals surface area (Å²) in [7, 11) is -2.28. The van der Waals surface area contributed by atoms with Gasteiger partial charge in [-0.2, -0.15) is 0 Å². The molecule has 6 nitrogen and oxygen atoms in total. The van der Waals surface area contributed by atoms with Gasteiger partial charge in [0.1, 0.15) is 0 Å². The molecule has 2 aromatic carbocycles. The molecule has 3 aromatic rings. The van der Waals surface area contributed by atoms with Crippen LogP contribution in [0.25, 0.3) is 10.9 Å². The molecule has 0 saturated carbocycles. The Hall–Kier alpha value is -2.51. The smallest absolute Gasteiger partial charge is 0.261 e. The maximum absolute atomic E-state index is 12.5. The van der Waals surface area contributed by atoms with E-state index in [4.69, 9.17) is 11.6 Å². The highest BCUT2D eigenvalue weighted by atomic mass is 35.5. The zero-order chi connectivity index (χ0) is 17.3. The van der Waals surface area contributed by atoms with E-state index < -0.39 is 10.0 Å². The van der Waals surface area contributed by atoms with Crippen LogP contribution in [0.3, 0.4) is 0 Å². The molecule has 0 aliphatic rings. The van der Waals surface area contributed by atoms with Gasteiger partial charge in [-0.3, -0.25) is 9.52 Å². The number of hydrogen-bond donors (Lipinski definition) is 3. The topological polar surface area (TPSA) is 91.1 Å². The van der Waals surface area contributed by atoms with Gasteiger partial charge in [-0.15, -0.1) is 0 Å². The number of fused-ring (bicyclic) bond motifs is 1. The molecule has 1 heterocycles. The first kappa shape index (κ1) is 16.4. The Labute approximate surface area is 143 Å². The SMILES string of the molecule is CNC(=O)c1ccc(S(=O)(=O)Nc2cccc3c(Cl)c[nH]c23)cc1. The summed E-state index contributed by atoms with van der Waals surface area (Å²) in [5.41, 5.74) is 1.39. The number of hydrogen-bond acceptors (Lipinski definition) is 3. The molecule has 0 unspecified atom stereocenters. The van der Waals surface area contributed by atoms with E-state index >= 15 is 0 Å². The highest BCUT2D eigenvalue weighted by Gasteiger charge is 2.17. The fourth-order valence-corrected chi connectivity index (χ4v) is 3.62. The molecule has 0 spiro atoms. The lowest BCUT2D eigenvalue weighted by molar-refractivity contribution is 0.0963. The van der Waals surface area contributed by atoms with E-state index in [1.807, 2.05) is 0 Å². The minimum atomic E-state index is -3.79. The average Bonchev–Trinajstić information content (AvgIpc) is 2.96. The number of carbonyl (C=O) groups excluding carboxylic acids is 1. The van der Waals surface area contributed by atoms with Crippen LogP contribution in [0.2, 0.25) is 5.02 Å². The Balaban J connectivity index is 1.94. The molecule has 0 bridgehead atoms. The average molecular weight is 364 g/mol. The number of H-pyrrole nitrogens is 1. The van der Waals surface area contributed by atoms with Crippen LogP contribution < -0.4 is 10.0 Å². The fourth-order valence-electron chi connectivity index (χ4n) is 2.34. The van der Waals surface area contributed by atoms with Gasteiger partial charge in [-0.25, -0.2) is 8.42 Å². The molecule has 0 fully saturated rings. The first-order valence-electron chi connectivity index (χ1n) is 7.03. The zero-order valence-electron chi connectivity index (χ0n) is 12.6. The summed E-state index contributed by atoms with van der Waals surface area (Å²) in [5.74, 6) is -0.280. The van der Waals surface area contributed by atoms with Crippen LogP contribution in [0.1, 0.15) is 10.4 Å². The van der Waals surface area contributed by atoms with E-state index in [1.54, 1.807) is 24.4 Å². The Kier molecular flexibility index (Phi) is 4.21. The molecule has 1 amide bonds. The van der Waals surface area contributed by atoms with Crippen molar-refractivity contribution < 1.29 is 13.2 Å². The predicted molar refractivity (Wildman–Crippen MR) is 93.9 cm³/mol. The van der Waals surface area contributed by atoms with Crippen molar-refractivity contribution in [1.82, 2.24) is 10.3 Å². The molecular weight excluding hydrogens is 350 g/mol. The Bertz CT molecular complexity index is 1010. The van der Waals surface area contributed by atoms with E-state index in [9.17, 15) is 13.2 Å². The standard InChI is InChI=1S/C16H14ClN3O3S/c1-18-16(21)10-5-7-11(8-6-10)24(22,23)20-14-4-2-3-12-13(17)9-19-15(12)14/h2-9,19-20H,1H3,(H,18,21). The van der Waals surface area contributed by atoms with Crippen LogP contribution in [0, 0.1) is 0 Å². The predicted octanol–water partition coefficient (Wildman–Crippen LogP) is 2.98. The first-order chi connectivity index (χ1) is 11.4. The lowest BCUT2D eigenvalue weighted by Gasteiger charge is -2.09. The molecule has 124 valence electrons. The van der Waals surface area contributed by atoms with Crippen LogP contribution in [0.4, 0.5) is 5.69 Å². The normalized spacial score (nSPS) is 11.4. The molecule has 1 aromatic heterocycles. The Morgan fingerprint density at radius 1 is 1.12 bits per heavy atom. The molecule has 0 aliphatic heterocycles. The van der Waals surface area contributed by atoms with E-state index in [0.29, 0.717) is 21.8 Å². The number of halogens is 1. The number of aromatic nitrogens is 1. The number of benzene rings is 2. The third-order valence-corrected chi connectivity index (χ3v) is 5.26. The van der Waals surface area contributed by atoms with Crippen molar-refractivity contribution in [2.24, 2.45) is 0 Å². The highest BCUT2D eigenvalue weighted by molar-refractivity contribution is 7.92. The number of aromatic amines is 1. The van der Waals surface area contributed by atoms with Gasteiger partial charge in [-0.05, 0) is 30.3 Å². The monoisotopic (exact) mass is 363 g/mol. The quantitative estimate of drug-likeness (QED) is 0.665. The largest absolute Gasteiger partial charge is 0.358 e. The minimum absolute atomic E-state index is 0.0600. The van der Waals surface area contributed by atoms with E-state index in [0.717, 1.165) is 5.39 Å². The second kappa shape index (κ2) is 6.18. The van der Waals surface area contributed by atoms with Crippen molar-refractivity contribution in [3.8, 4) is 0 Å². The van der Waals surface area contributed by atoms with Gasteiger partial charge in [0.2, 0.25) is 0 Å². The number of anilines is 1. The molecule has 0 aliphatic carbocycles. The molecule has 3 N–H and O–H groups in total. The van der Waals surface area contributed by atoms with Crippen LogP contribution >= 0.6 is 11.6 Å². The first-order valence-corrected chi connectivity index (χ1v) is 8.89. The number of carbonyl (C=O) groups is 1. The van der Waals surface area contributed by atoms with E-state index in [2.05, 4.69) is 15.0 Å². The summed E-state index contributed by atoms with van der Waals surface area (Å²) in [6, 6.07) is 10.8. The van der Waals surface area contributed by atoms with Gasteiger partial charge >= 0.3 is 0 Å². The summed E-state index contributed by atoms with van der Waals surface area (Å²) >= 11 is 6.05. The second-order valence-corrected chi connectivity index (χ2v) is 7.16. The number of para-hydroxylation sites is 1. The van der Waals surface area contributed by atoms with Gasteiger partial charge in [0, 0.05) is 24.2 Å². The summed E-state index contributed by atoms with van der Waals surface area (Å²) in [6.07, 6.45) is 1.60. The maximum atomic E-state index is 12.5. The Morgan fingerprint density at radius 2 is 1.83 bits per heavy atom. The highest BCUT2D eigenvalue weighted by Crippen LogP contribution is 2.29. The van der Waals surface area contributed by atoms with Gasteiger partial charge in [0.25, 0.3) is 15.9 Å². The minimum Gasteiger partial charge on any atom is -0.358 e. The van der Waals surface area contributed by atoms with Gasteiger partial charge in [-0.1, -0.05) is 23.7 Å². The van der Waals surface area contributed by atoms with E-state index in [1.165, 1.54) is 31.3 Å². The van der Waals surface area contributed by atoms with Crippen LogP contribution in [-0.4, -0.2) is 26.4 Å². The summed E-state index contributed by atoms with van der Waals surface area (Å²) in [5, 5.41) is 3.72. The van der Waals surface area contributed by atoms with Crippen LogP contribution in [-0.2, 0) is 10.0 Å². The van der Waals surface area contributed by atoms with Crippen molar-refractivity contribution in [3.05, 3.63) is 59.2 Å². The zero-order valence-corrected chi connectivity index (χ0v) is 14.2. The summed E-state index contributed by atoms with van der Waals surface area (Å²) in [6.45, 7) is 0. The summed E-state index contributed by atoms with van der Waals surface area (Å²) < 4.78 is 27.6. The number of amides is 1. The molecule has 3 rings (SSSR count).